The van der Waals surface area contributed by atoms with Gasteiger partial charge in [0.05, 0.1) is 6.04 Å². The molecule has 2 aliphatic rings. The van der Waals surface area contributed by atoms with Gasteiger partial charge < -0.3 is 14.5 Å². The highest BCUT2D eigenvalue weighted by molar-refractivity contribution is 5.71. The lowest BCUT2D eigenvalue weighted by Crippen LogP contribution is -2.37. The molecule has 1 aromatic carbocycles. The molecule has 0 aliphatic carbocycles. The summed E-state index contributed by atoms with van der Waals surface area (Å²) < 4.78 is 5.87. The van der Waals surface area contributed by atoms with Crippen molar-refractivity contribution in [3.63, 3.8) is 0 Å². The van der Waals surface area contributed by atoms with E-state index < -0.39 is 0 Å². The van der Waals surface area contributed by atoms with Crippen LogP contribution < -0.4 is 0 Å². The maximum atomic E-state index is 12.7. The molecule has 1 aromatic rings. The summed E-state index contributed by atoms with van der Waals surface area (Å²) in [6.07, 6.45) is 12.1. The van der Waals surface area contributed by atoms with Crippen LogP contribution in [0.15, 0.2) is 30.3 Å². The minimum Gasteiger partial charge on any atom is -0.439 e. The number of nitrogens with zero attached hydrogens (tertiary/aromatic N) is 2. The second-order valence-electron chi connectivity index (χ2n) is 8.43. The highest BCUT2D eigenvalue weighted by Gasteiger charge is 2.41. The molecule has 2 atom stereocenters. The number of hydrogen-bond acceptors (Lipinski definition) is 3. The molecule has 0 bridgehead atoms. The molecule has 0 radical (unpaired) electrons. The van der Waals surface area contributed by atoms with Gasteiger partial charge in [-0.05, 0) is 50.9 Å². The Morgan fingerprint density at radius 3 is 2.39 bits per heavy atom. The van der Waals surface area contributed by atoms with Gasteiger partial charge in [0, 0.05) is 6.54 Å². The Labute approximate surface area is 171 Å². The molecule has 0 saturated carbocycles. The molecular weight excluding hydrogens is 348 g/mol. The average Bonchev–Trinajstić information content (AvgIpc) is 2.88. The molecule has 156 valence electrons. The Bertz CT molecular complexity index is 569. The van der Waals surface area contributed by atoms with Gasteiger partial charge in [0.2, 0.25) is 0 Å². The quantitative estimate of drug-likeness (QED) is 0.478. The first-order chi connectivity index (χ1) is 13.8. The number of rotatable bonds is 10. The lowest BCUT2D eigenvalue weighted by molar-refractivity contribution is 0.129. The summed E-state index contributed by atoms with van der Waals surface area (Å²) >= 11 is 0. The Hall–Kier alpha value is -1.55. The minimum absolute atomic E-state index is 0.117. The van der Waals surface area contributed by atoms with Crippen LogP contribution in [-0.4, -0.2) is 48.1 Å². The number of benzene rings is 1. The normalized spacial score (nSPS) is 23.6. The van der Waals surface area contributed by atoms with Crippen LogP contribution in [0.5, 0.6) is 0 Å². The van der Waals surface area contributed by atoms with Crippen molar-refractivity contribution >= 4 is 6.09 Å². The second kappa shape index (κ2) is 11.5. The Morgan fingerprint density at radius 1 is 0.929 bits per heavy atom. The number of hydrogen-bond donors (Lipinski definition) is 0. The van der Waals surface area contributed by atoms with Crippen LogP contribution in [0.3, 0.4) is 0 Å². The van der Waals surface area contributed by atoms with E-state index in [0.717, 1.165) is 31.5 Å². The van der Waals surface area contributed by atoms with Gasteiger partial charge in [-0.15, -0.1) is 0 Å². The standard InChI is InChI=1S/C24H38N2O2/c1-2-3-4-10-16-22-23(21-14-8-7-9-15-21)28-24(27)26(22)20-13-19-25-17-11-5-6-12-18-25/h7-9,14-15,22-23H,2-6,10-13,16-20H2,1H3. The largest absolute Gasteiger partial charge is 0.439 e. The monoisotopic (exact) mass is 386 g/mol. The molecule has 2 aliphatic heterocycles. The smallest absolute Gasteiger partial charge is 0.410 e. The van der Waals surface area contributed by atoms with Crippen molar-refractivity contribution in [3.8, 4) is 0 Å². The van der Waals surface area contributed by atoms with E-state index in [9.17, 15) is 4.79 Å². The molecule has 2 fully saturated rings. The third-order valence-corrected chi connectivity index (χ3v) is 6.27. The van der Waals surface area contributed by atoms with Gasteiger partial charge in [0.25, 0.3) is 0 Å². The fourth-order valence-electron chi connectivity index (χ4n) is 4.66. The Kier molecular flexibility index (Phi) is 8.66. The first-order valence-corrected chi connectivity index (χ1v) is 11.5. The van der Waals surface area contributed by atoms with E-state index in [1.807, 2.05) is 23.1 Å². The molecule has 2 saturated heterocycles. The maximum Gasteiger partial charge on any atom is 0.410 e. The van der Waals surface area contributed by atoms with Gasteiger partial charge in [-0.2, -0.15) is 0 Å². The SMILES string of the molecule is CCCCCCC1C(c2ccccc2)OC(=O)N1CCCN1CCCCCC1. The fraction of sp³-hybridized carbons (Fsp3) is 0.708. The summed E-state index contributed by atoms with van der Waals surface area (Å²) in [5.74, 6) is 0. The number of cyclic esters (lactones) is 1. The van der Waals surface area contributed by atoms with Crippen molar-refractivity contribution in [2.24, 2.45) is 0 Å². The van der Waals surface area contributed by atoms with Gasteiger partial charge in [0.1, 0.15) is 6.10 Å². The molecule has 1 amide bonds. The average molecular weight is 387 g/mol. The summed E-state index contributed by atoms with van der Waals surface area (Å²) in [6, 6.07) is 10.5. The Morgan fingerprint density at radius 2 is 1.68 bits per heavy atom. The number of likely N-dealkylation sites (tertiary alicyclic amines) is 1. The van der Waals surface area contributed by atoms with Gasteiger partial charge in [-0.3, -0.25) is 0 Å². The highest BCUT2D eigenvalue weighted by atomic mass is 16.6. The maximum absolute atomic E-state index is 12.7. The number of ether oxygens (including phenoxy) is 1. The van der Waals surface area contributed by atoms with E-state index in [1.165, 1.54) is 64.5 Å². The summed E-state index contributed by atoms with van der Waals surface area (Å²) in [7, 11) is 0. The fourth-order valence-corrected chi connectivity index (χ4v) is 4.66. The van der Waals surface area contributed by atoms with Gasteiger partial charge in [-0.25, -0.2) is 4.79 Å². The molecule has 0 aromatic heterocycles. The van der Waals surface area contributed by atoms with Crippen molar-refractivity contribution in [2.45, 2.75) is 83.3 Å². The number of carbonyl (C=O) groups is 1. The van der Waals surface area contributed by atoms with Gasteiger partial charge in [-0.1, -0.05) is 75.8 Å². The van der Waals surface area contributed by atoms with Crippen LogP contribution in [-0.2, 0) is 4.74 Å². The summed E-state index contributed by atoms with van der Waals surface area (Å²) in [4.78, 5) is 17.3. The van der Waals surface area contributed by atoms with Crippen LogP contribution in [0.2, 0.25) is 0 Å². The number of carbonyl (C=O) groups excluding carboxylic acids is 1. The Balaban J connectivity index is 1.58. The zero-order valence-corrected chi connectivity index (χ0v) is 17.7. The third kappa shape index (κ3) is 5.97. The molecule has 4 nitrogen and oxygen atoms in total. The van der Waals surface area contributed by atoms with Crippen LogP contribution in [0.1, 0.15) is 82.8 Å². The lowest BCUT2D eigenvalue weighted by Gasteiger charge is -2.26. The van der Waals surface area contributed by atoms with E-state index in [-0.39, 0.29) is 18.2 Å². The van der Waals surface area contributed by atoms with E-state index >= 15 is 0 Å². The molecule has 28 heavy (non-hydrogen) atoms. The van der Waals surface area contributed by atoms with E-state index in [4.69, 9.17) is 4.74 Å². The molecule has 2 heterocycles. The molecule has 0 N–H and O–H groups in total. The predicted molar refractivity (Wildman–Crippen MR) is 114 cm³/mol. The first kappa shape index (κ1) is 21.2. The highest BCUT2D eigenvalue weighted by Crippen LogP contribution is 2.35. The first-order valence-electron chi connectivity index (χ1n) is 11.5. The van der Waals surface area contributed by atoms with E-state index in [1.54, 1.807) is 0 Å². The lowest BCUT2D eigenvalue weighted by atomic mass is 9.96. The zero-order chi connectivity index (χ0) is 19.6. The van der Waals surface area contributed by atoms with Crippen molar-refractivity contribution in [1.82, 2.24) is 9.80 Å². The summed E-state index contributed by atoms with van der Waals surface area (Å²) in [6.45, 7) is 6.60. The summed E-state index contributed by atoms with van der Waals surface area (Å²) in [5, 5.41) is 0. The van der Waals surface area contributed by atoms with Crippen LogP contribution >= 0.6 is 0 Å². The molecule has 2 unspecified atom stereocenters. The number of amides is 1. The van der Waals surface area contributed by atoms with Gasteiger partial charge in [0.15, 0.2) is 0 Å². The van der Waals surface area contributed by atoms with Crippen LogP contribution in [0, 0.1) is 0 Å². The minimum atomic E-state index is -0.120. The summed E-state index contributed by atoms with van der Waals surface area (Å²) in [5.41, 5.74) is 1.13. The molecule has 4 heteroatoms. The van der Waals surface area contributed by atoms with Crippen molar-refractivity contribution in [3.05, 3.63) is 35.9 Å². The van der Waals surface area contributed by atoms with Crippen molar-refractivity contribution < 1.29 is 9.53 Å². The van der Waals surface area contributed by atoms with Crippen LogP contribution in [0.4, 0.5) is 4.79 Å². The predicted octanol–water partition coefficient (Wildman–Crippen LogP) is 5.79. The van der Waals surface area contributed by atoms with Gasteiger partial charge >= 0.3 is 6.09 Å². The zero-order valence-electron chi connectivity index (χ0n) is 17.7. The molecular formula is C24H38N2O2. The van der Waals surface area contributed by atoms with Crippen LogP contribution in [0.25, 0.3) is 0 Å². The van der Waals surface area contributed by atoms with Crippen molar-refractivity contribution in [2.75, 3.05) is 26.2 Å². The van der Waals surface area contributed by atoms with Crippen molar-refractivity contribution in [1.29, 1.82) is 0 Å². The topological polar surface area (TPSA) is 32.8 Å². The van der Waals surface area contributed by atoms with E-state index in [2.05, 4.69) is 24.0 Å². The molecule has 3 rings (SSSR count). The third-order valence-electron chi connectivity index (χ3n) is 6.27. The molecule has 0 spiro atoms. The second-order valence-corrected chi connectivity index (χ2v) is 8.43. The van der Waals surface area contributed by atoms with E-state index in [0.29, 0.717) is 0 Å². The number of unbranched alkanes of at least 4 members (excludes halogenated alkanes) is 3.